The van der Waals surface area contributed by atoms with Gasteiger partial charge >= 0.3 is 0 Å². The van der Waals surface area contributed by atoms with E-state index in [1.165, 1.54) is 0 Å². The second-order valence-corrected chi connectivity index (χ2v) is 3.84. The van der Waals surface area contributed by atoms with Crippen molar-refractivity contribution >= 4 is 11.6 Å². The van der Waals surface area contributed by atoms with Crippen LogP contribution in [0, 0.1) is 11.3 Å². The fourth-order valence-electron chi connectivity index (χ4n) is 1.96. The highest BCUT2D eigenvalue weighted by Crippen LogP contribution is 2.19. The second-order valence-electron chi connectivity index (χ2n) is 3.84. The van der Waals surface area contributed by atoms with Crippen molar-refractivity contribution in [3.8, 4) is 6.07 Å². The number of nitrogens with one attached hydrogen (secondary N) is 1. The third kappa shape index (κ3) is 2.22. The van der Waals surface area contributed by atoms with Crippen molar-refractivity contribution in [1.29, 1.82) is 5.26 Å². The van der Waals surface area contributed by atoms with E-state index in [-0.39, 0.29) is 12.5 Å². The van der Waals surface area contributed by atoms with E-state index in [0.717, 1.165) is 5.69 Å². The molecule has 1 unspecified atom stereocenters. The quantitative estimate of drug-likeness (QED) is 0.742. The van der Waals surface area contributed by atoms with Crippen LogP contribution >= 0.6 is 0 Å². The summed E-state index contributed by atoms with van der Waals surface area (Å²) < 4.78 is 0. The smallest absolute Gasteiger partial charge is 0.245 e. The highest BCUT2D eigenvalue weighted by atomic mass is 16.3. The van der Waals surface area contributed by atoms with E-state index in [1.54, 1.807) is 18.2 Å². The summed E-state index contributed by atoms with van der Waals surface area (Å²) in [5, 5.41) is 20.8. The molecule has 1 aliphatic rings. The zero-order valence-electron chi connectivity index (χ0n) is 9.26. The summed E-state index contributed by atoms with van der Waals surface area (Å²) in [6.07, 6.45) is 0. The van der Waals surface area contributed by atoms with Gasteiger partial charge in [-0.15, -0.1) is 0 Å². The molecule has 1 heterocycles. The first-order chi connectivity index (χ1) is 8.26. The van der Waals surface area contributed by atoms with Gasteiger partial charge in [0, 0.05) is 18.8 Å². The van der Waals surface area contributed by atoms with E-state index in [2.05, 4.69) is 11.4 Å². The van der Waals surface area contributed by atoms with Gasteiger partial charge < -0.3 is 15.3 Å². The van der Waals surface area contributed by atoms with Crippen LogP contribution in [0.2, 0.25) is 0 Å². The molecule has 0 aromatic heterocycles. The molecule has 0 spiro atoms. The number of piperazine rings is 1. The number of aliphatic hydroxyl groups is 1. The Balaban J connectivity index is 2.31. The molecule has 1 aromatic carbocycles. The van der Waals surface area contributed by atoms with Gasteiger partial charge in [0.2, 0.25) is 5.91 Å². The number of rotatable bonds is 2. The van der Waals surface area contributed by atoms with Gasteiger partial charge in [-0.2, -0.15) is 5.26 Å². The first-order valence-electron chi connectivity index (χ1n) is 5.41. The van der Waals surface area contributed by atoms with Crippen LogP contribution in [0.1, 0.15) is 5.56 Å². The minimum Gasteiger partial charge on any atom is -0.394 e. The van der Waals surface area contributed by atoms with Gasteiger partial charge in [0.05, 0.1) is 18.2 Å². The lowest BCUT2D eigenvalue weighted by molar-refractivity contribution is -0.124. The number of nitrogens with zero attached hydrogens (tertiary/aromatic N) is 2. The predicted molar refractivity (Wildman–Crippen MR) is 62.4 cm³/mol. The van der Waals surface area contributed by atoms with E-state index in [9.17, 15) is 9.90 Å². The number of hydrogen-bond donors (Lipinski definition) is 2. The van der Waals surface area contributed by atoms with Crippen molar-refractivity contribution in [3.63, 3.8) is 0 Å². The molecule has 1 fully saturated rings. The van der Waals surface area contributed by atoms with Gasteiger partial charge in [0.15, 0.2) is 0 Å². The number of aliphatic hydroxyl groups excluding tert-OH is 1. The Kier molecular flexibility index (Phi) is 3.26. The van der Waals surface area contributed by atoms with Crippen LogP contribution in [0.15, 0.2) is 24.3 Å². The lowest BCUT2D eigenvalue weighted by Crippen LogP contribution is -2.57. The van der Waals surface area contributed by atoms with Crippen molar-refractivity contribution in [2.24, 2.45) is 0 Å². The number of amides is 1. The standard InChI is InChI=1S/C12H13N3O2/c13-7-9-2-1-3-10(6-9)15-5-4-14-12(17)11(15)8-16/h1-3,6,11,16H,4-5,8H2,(H,14,17). The van der Waals surface area contributed by atoms with Gasteiger partial charge in [0.25, 0.3) is 0 Å². The Bertz CT molecular complexity index is 467. The Morgan fingerprint density at radius 2 is 2.41 bits per heavy atom. The minimum atomic E-state index is -0.572. The van der Waals surface area contributed by atoms with Crippen LogP contribution in [0.25, 0.3) is 0 Å². The molecule has 1 atom stereocenters. The van der Waals surface area contributed by atoms with Crippen molar-refractivity contribution in [2.75, 3.05) is 24.6 Å². The maximum absolute atomic E-state index is 11.6. The highest BCUT2D eigenvalue weighted by Gasteiger charge is 2.29. The summed E-state index contributed by atoms with van der Waals surface area (Å²) in [5.74, 6) is -0.180. The number of anilines is 1. The molecular formula is C12H13N3O2. The van der Waals surface area contributed by atoms with Crippen molar-refractivity contribution in [2.45, 2.75) is 6.04 Å². The Labute approximate surface area is 99.3 Å². The van der Waals surface area contributed by atoms with Crippen LogP contribution in [0.3, 0.4) is 0 Å². The lowest BCUT2D eigenvalue weighted by Gasteiger charge is -2.35. The normalized spacial score (nSPS) is 19.6. The lowest BCUT2D eigenvalue weighted by atomic mass is 10.1. The van der Waals surface area contributed by atoms with Gasteiger partial charge in [0.1, 0.15) is 6.04 Å². The summed E-state index contributed by atoms with van der Waals surface area (Å²) in [6, 6.07) is 8.53. The van der Waals surface area contributed by atoms with E-state index in [1.807, 2.05) is 11.0 Å². The molecule has 0 saturated carbocycles. The fourth-order valence-corrected chi connectivity index (χ4v) is 1.96. The first kappa shape index (κ1) is 11.4. The van der Waals surface area contributed by atoms with E-state index < -0.39 is 6.04 Å². The molecule has 0 radical (unpaired) electrons. The maximum Gasteiger partial charge on any atom is 0.245 e. The van der Waals surface area contributed by atoms with Crippen molar-refractivity contribution in [1.82, 2.24) is 5.32 Å². The molecule has 1 amide bonds. The molecule has 2 rings (SSSR count). The molecule has 1 aliphatic heterocycles. The average Bonchev–Trinajstić information content (AvgIpc) is 2.38. The average molecular weight is 231 g/mol. The highest BCUT2D eigenvalue weighted by molar-refractivity contribution is 5.86. The zero-order chi connectivity index (χ0) is 12.3. The Morgan fingerprint density at radius 1 is 1.59 bits per heavy atom. The molecule has 17 heavy (non-hydrogen) atoms. The first-order valence-corrected chi connectivity index (χ1v) is 5.41. The van der Waals surface area contributed by atoms with E-state index in [4.69, 9.17) is 5.26 Å². The number of benzene rings is 1. The zero-order valence-corrected chi connectivity index (χ0v) is 9.26. The largest absolute Gasteiger partial charge is 0.394 e. The SMILES string of the molecule is N#Cc1cccc(N2CCNC(=O)C2CO)c1. The Hall–Kier alpha value is -2.06. The van der Waals surface area contributed by atoms with Gasteiger partial charge in [-0.25, -0.2) is 0 Å². The number of hydrogen-bond acceptors (Lipinski definition) is 4. The van der Waals surface area contributed by atoms with E-state index >= 15 is 0 Å². The molecular weight excluding hydrogens is 218 g/mol. The third-order valence-corrected chi connectivity index (χ3v) is 2.81. The Morgan fingerprint density at radius 3 is 3.12 bits per heavy atom. The van der Waals surface area contributed by atoms with Gasteiger partial charge in [-0.05, 0) is 18.2 Å². The van der Waals surface area contributed by atoms with Crippen LogP contribution in [-0.2, 0) is 4.79 Å². The molecule has 0 bridgehead atoms. The van der Waals surface area contributed by atoms with Crippen molar-refractivity contribution in [3.05, 3.63) is 29.8 Å². The topological polar surface area (TPSA) is 76.4 Å². The summed E-state index contributed by atoms with van der Waals surface area (Å²) in [7, 11) is 0. The maximum atomic E-state index is 11.6. The molecule has 1 saturated heterocycles. The van der Waals surface area contributed by atoms with Gasteiger partial charge in [-0.1, -0.05) is 6.07 Å². The van der Waals surface area contributed by atoms with Crippen molar-refractivity contribution < 1.29 is 9.90 Å². The van der Waals surface area contributed by atoms with Crippen LogP contribution in [0.5, 0.6) is 0 Å². The molecule has 2 N–H and O–H groups in total. The van der Waals surface area contributed by atoms with Crippen LogP contribution in [0.4, 0.5) is 5.69 Å². The van der Waals surface area contributed by atoms with E-state index in [0.29, 0.717) is 18.7 Å². The fraction of sp³-hybridized carbons (Fsp3) is 0.333. The monoisotopic (exact) mass is 231 g/mol. The number of nitriles is 1. The summed E-state index contributed by atoms with van der Waals surface area (Å²) in [4.78, 5) is 13.4. The van der Waals surface area contributed by atoms with Crippen LogP contribution < -0.4 is 10.2 Å². The number of carbonyl (C=O) groups excluding carboxylic acids is 1. The predicted octanol–water partition coefficient (Wildman–Crippen LogP) is -0.145. The van der Waals surface area contributed by atoms with Crippen LogP contribution in [-0.4, -0.2) is 36.8 Å². The minimum absolute atomic E-state index is 0.180. The second kappa shape index (κ2) is 4.85. The summed E-state index contributed by atoms with van der Waals surface area (Å²) in [5.41, 5.74) is 1.34. The molecule has 88 valence electrons. The summed E-state index contributed by atoms with van der Waals surface area (Å²) >= 11 is 0. The molecule has 1 aromatic rings. The third-order valence-electron chi connectivity index (χ3n) is 2.81. The van der Waals surface area contributed by atoms with Gasteiger partial charge in [-0.3, -0.25) is 4.79 Å². The molecule has 5 heteroatoms. The molecule has 0 aliphatic carbocycles. The number of carbonyl (C=O) groups is 1. The molecule has 5 nitrogen and oxygen atoms in total. The summed E-state index contributed by atoms with van der Waals surface area (Å²) in [6.45, 7) is 0.945.